The molecule has 0 unspecified atom stereocenters. The summed E-state index contributed by atoms with van der Waals surface area (Å²) in [7, 11) is 0. The molecule has 4 heteroatoms. The zero-order valence-electron chi connectivity index (χ0n) is 14.3. The summed E-state index contributed by atoms with van der Waals surface area (Å²) in [5, 5.41) is 3.46. The van der Waals surface area contributed by atoms with Crippen LogP contribution >= 0.6 is 0 Å². The SMILES string of the molecule is CC(C)CC1(N2CCNCC2)CCN(C(=O)C(C)C)CC1. The highest BCUT2D eigenvalue weighted by molar-refractivity contribution is 5.78. The predicted molar refractivity (Wildman–Crippen MR) is 87.3 cm³/mol. The molecule has 0 atom stereocenters. The highest BCUT2D eigenvalue weighted by Gasteiger charge is 2.41. The molecule has 0 saturated carbocycles. The van der Waals surface area contributed by atoms with Crippen LogP contribution in [-0.4, -0.2) is 60.5 Å². The maximum absolute atomic E-state index is 12.2. The number of piperidine rings is 1. The molecule has 21 heavy (non-hydrogen) atoms. The number of hydrogen-bond donors (Lipinski definition) is 1. The second kappa shape index (κ2) is 7.10. The van der Waals surface area contributed by atoms with Gasteiger partial charge in [0.1, 0.15) is 0 Å². The van der Waals surface area contributed by atoms with Crippen LogP contribution in [0.25, 0.3) is 0 Å². The zero-order chi connectivity index (χ0) is 15.5. The Bertz CT molecular complexity index is 340. The molecule has 1 N–H and O–H groups in total. The fraction of sp³-hybridized carbons (Fsp3) is 0.941. The molecule has 0 radical (unpaired) electrons. The number of carbonyl (C=O) groups excluding carboxylic acids is 1. The van der Waals surface area contributed by atoms with E-state index >= 15 is 0 Å². The van der Waals surface area contributed by atoms with Gasteiger partial charge in [-0.2, -0.15) is 0 Å². The van der Waals surface area contributed by atoms with E-state index in [1.54, 1.807) is 0 Å². The number of rotatable bonds is 4. The van der Waals surface area contributed by atoms with Gasteiger partial charge in [0.05, 0.1) is 0 Å². The molecule has 0 aromatic heterocycles. The van der Waals surface area contributed by atoms with Gasteiger partial charge in [-0.1, -0.05) is 27.7 Å². The standard InChI is InChI=1S/C17H33N3O/c1-14(2)13-17(20-11-7-18-8-12-20)5-9-19(10-6-17)16(21)15(3)4/h14-15,18H,5-13H2,1-4H3. The lowest BCUT2D eigenvalue weighted by molar-refractivity contribution is -0.137. The van der Waals surface area contributed by atoms with Gasteiger partial charge in [-0.3, -0.25) is 9.69 Å². The van der Waals surface area contributed by atoms with Crippen LogP contribution in [0.4, 0.5) is 0 Å². The average molecular weight is 295 g/mol. The molecule has 1 amide bonds. The van der Waals surface area contributed by atoms with E-state index in [-0.39, 0.29) is 5.92 Å². The van der Waals surface area contributed by atoms with Crippen LogP contribution in [0.2, 0.25) is 0 Å². The number of nitrogens with one attached hydrogen (secondary N) is 1. The van der Waals surface area contributed by atoms with Crippen LogP contribution in [0.15, 0.2) is 0 Å². The third-order valence-corrected chi connectivity index (χ3v) is 5.08. The first-order valence-electron chi connectivity index (χ1n) is 8.69. The normalized spacial score (nSPS) is 23.8. The maximum atomic E-state index is 12.2. The van der Waals surface area contributed by atoms with E-state index < -0.39 is 0 Å². The van der Waals surface area contributed by atoms with E-state index in [4.69, 9.17) is 0 Å². The summed E-state index contributed by atoms with van der Waals surface area (Å²) in [6.07, 6.45) is 3.55. The maximum Gasteiger partial charge on any atom is 0.225 e. The van der Waals surface area contributed by atoms with Crippen molar-refractivity contribution >= 4 is 5.91 Å². The molecular formula is C17H33N3O. The van der Waals surface area contributed by atoms with Crippen LogP contribution in [0.5, 0.6) is 0 Å². The van der Waals surface area contributed by atoms with Crippen molar-refractivity contribution < 1.29 is 4.79 Å². The highest BCUT2D eigenvalue weighted by atomic mass is 16.2. The van der Waals surface area contributed by atoms with Crippen LogP contribution < -0.4 is 5.32 Å². The van der Waals surface area contributed by atoms with E-state index in [0.717, 1.165) is 52.1 Å². The molecule has 2 rings (SSSR count). The Morgan fingerprint density at radius 1 is 1.05 bits per heavy atom. The zero-order valence-corrected chi connectivity index (χ0v) is 14.3. The monoisotopic (exact) mass is 295 g/mol. The van der Waals surface area contributed by atoms with Gasteiger partial charge in [0, 0.05) is 50.7 Å². The third kappa shape index (κ3) is 3.98. The van der Waals surface area contributed by atoms with Gasteiger partial charge in [-0.05, 0) is 25.2 Å². The molecule has 4 nitrogen and oxygen atoms in total. The lowest BCUT2D eigenvalue weighted by Crippen LogP contribution is -2.61. The van der Waals surface area contributed by atoms with E-state index in [0.29, 0.717) is 17.4 Å². The number of amides is 1. The fourth-order valence-corrected chi connectivity index (χ4v) is 4.06. The number of nitrogens with zero attached hydrogens (tertiary/aromatic N) is 2. The van der Waals surface area contributed by atoms with Crippen molar-refractivity contribution in [1.29, 1.82) is 0 Å². The minimum atomic E-state index is 0.127. The van der Waals surface area contributed by atoms with Gasteiger partial charge in [0.25, 0.3) is 0 Å². The summed E-state index contributed by atoms with van der Waals surface area (Å²) in [6.45, 7) is 15.1. The summed E-state index contributed by atoms with van der Waals surface area (Å²) in [4.78, 5) is 17.0. The van der Waals surface area contributed by atoms with Crippen molar-refractivity contribution in [2.45, 2.75) is 52.5 Å². The summed E-state index contributed by atoms with van der Waals surface area (Å²) in [5.41, 5.74) is 0.323. The van der Waals surface area contributed by atoms with Crippen molar-refractivity contribution in [3.05, 3.63) is 0 Å². The Hall–Kier alpha value is -0.610. The van der Waals surface area contributed by atoms with Gasteiger partial charge in [-0.15, -0.1) is 0 Å². The topological polar surface area (TPSA) is 35.6 Å². The lowest BCUT2D eigenvalue weighted by Gasteiger charge is -2.51. The van der Waals surface area contributed by atoms with Crippen molar-refractivity contribution in [3.63, 3.8) is 0 Å². The van der Waals surface area contributed by atoms with E-state index in [2.05, 4.69) is 29.0 Å². The number of hydrogen-bond acceptors (Lipinski definition) is 3. The molecule has 0 bridgehead atoms. The molecule has 2 aliphatic rings. The van der Waals surface area contributed by atoms with E-state index in [1.165, 1.54) is 6.42 Å². The van der Waals surface area contributed by atoms with Gasteiger partial charge in [-0.25, -0.2) is 0 Å². The molecule has 0 aliphatic carbocycles. The molecule has 2 fully saturated rings. The first-order valence-corrected chi connectivity index (χ1v) is 8.69. The second-order valence-corrected chi connectivity index (χ2v) is 7.54. The van der Waals surface area contributed by atoms with Crippen LogP contribution in [0, 0.1) is 11.8 Å². The second-order valence-electron chi connectivity index (χ2n) is 7.54. The minimum Gasteiger partial charge on any atom is -0.342 e. The fourth-order valence-electron chi connectivity index (χ4n) is 4.06. The van der Waals surface area contributed by atoms with Gasteiger partial charge in [0.2, 0.25) is 5.91 Å². The first kappa shape index (κ1) is 16.8. The van der Waals surface area contributed by atoms with E-state index in [9.17, 15) is 4.79 Å². The van der Waals surface area contributed by atoms with Crippen LogP contribution in [-0.2, 0) is 4.79 Å². The van der Waals surface area contributed by atoms with Crippen molar-refractivity contribution in [1.82, 2.24) is 15.1 Å². The molecule has 0 aromatic carbocycles. The number of carbonyl (C=O) groups is 1. The van der Waals surface area contributed by atoms with Crippen LogP contribution in [0.3, 0.4) is 0 Å². The minimum absolute atomic E-state index is 0.127. The first-order chi connectivity index (χ1) is 9.94. The number of piperazine rings is 1. The summed E-state index contributed by atoms with van der Waals surface area (Å²) < 4.78 is 0. The summed E-state index contributed by atoms with van der Waals surface area (Å²) in [6, 6.07) is 0. The molecular weight excluding hydrogens is 262 g/mol. The molecule has 122 valence electrons. The Balaban J connectivity index is 2.04. The molecule has 2 heterocycles. The Labute approximate surface area is 130 Å². The van der Waals surface area contributed by atoms with Crippen LogP contribution in [0.1, 0.15) is 47.0 Å². The summed E-state index contributed by atoms with van der Waals surface area (Å²) >= 11 is 0. The Morgan fingerprint density at radius 2 is 1.62 bits per heavy atom. The Morgan fingerprint density at radius 3 is 2.10 bits per heavy atom. The number of likely N-dealkylation sites (tertiary alicyclic amines) is 1. The van der Waals surface area contributed by atoms with Crippen molar-refractivity contribution in [3.8, 4) is 0 Å². The molecule has 2 saturated heterocycles. The van der Waals surface area contributed by atoms with Gasteiger partial charge in [0.15, 0.2) is 0 Å². The van der Waals surface area contributed by atoms with Gasteiger partial charge < -0.3 is 10.2 Å². The average Bonchev–Trinajstić information content (AvgIpc) is 2.47. The smallest absolute Gasteiger partial charge is 0.225 e. The largest absolute Gasteiger partial charge is 0.342 e. The molecule has 0 aromatic rings. The quantitative estimate of drug-likeness (QED) is 0.861. The summed E-state index contributed by atoms with van der Waals surface area (Å²) in [5.74, 6) is 1.17. The lowest BCUT2D eigenvalue weighted by atomic mass is 9.78. The van der Waals surface area contributed by atoms with Crippen molar-refractivity contribution in [2.75, 3.05) is 39.3 Å². The van der Waals surface area contributed by atoms with E-state index in [1.807, 2.05) is 13.8 Å². The van der Waals surface area contributed by atoms with Crippen molar-refractivity contribution in [2.24, 2.45) is 11.8 Å². The molecule has 2 aliphatic heterocycles. The third-order valence-electron chi connectivity index (χ3n) is 5.08. The highest BCUT2D eigenvalue weighted by Crippen LogP contribution is 2.35. The predicted octanol–water partition coefficient (Wildman–Crippen LogP) is 1.95. The Kier molecular flexibility index (Phi) is 5.67. The molecule has 0 spiro atoms. The van der Waals surface area contributed by atoms with Gasteiger partial charge >= 0.3 is 0 Å².